The molecule has 0 unspecified atom stereocenters. The number of carboxylic acids is 1. The lowest BCUT2D eigenvalue weighted by Gasteiger charge is -2.45. The molecule has 0 aliphatic carbocycles. The first-order valence-corrected chi connectivity index (χ1v) is 9.52. The SMILES string of the molecule is C[C@@]1(CN2CC(Oc3ccc4c(c3C(=O)O)OB(O)CC4)C2)NCCNC1=O. The molecule has 0 bridgehead atoms. The number of carboxylic acid groups (broad SMARTS) is 1. The van der Waals surface area contributed by atoms with E-state index in [4.69, 9.17) is 9.39 Å². The van der Waals surface area contributed by atoms with E-state index in [1.54, 1.807) is 12.1 Å². The first-order chi connectivity index (χ1) is 13.4. The summed E-state index contributed by atoms with van der Waals surface area (Å²) in [6.07, 6.45) is 0.825. The Labute approximate surface area is 163 Å². The number of piperazine rings is 1. The average molecular weight is 389 g/mol. The number of aromatic carboxylic acids is 1. The molecule has 28 heavy (non-hydrogen) atoms. The smallest absolute Gasteiger partial charge is 0.522 e. The molecular formula is C18H24BN3O6. The van der Waals surface area contributed by atoms with Crippen LogP contribution in [-0.4, -0.2) is 78.4 Å². The number of carbonyl (C=O) groups excluding carboxylic acids is 1. The summed E-state index contributed by atoms with van der Waals surface area (Å²) in [7, 11) is -1.00. The minimum absolute atomic E-state index is 0.0123. The summed E-state index contributed by atoms with van der Waals surface area (Å²) in [4.78, 5) is 26.0. The third-order valence-electron chi connectivity index (χ3n) is 5.51. The molecule has 4 rings (SSSR count). The standard InChI is InChI=1S/C18H24BN3O6/c1-18(17(25)20-6-7-21-18)10-22-8-12(9-22)27-13-3-2-11-4-5-19(26)28-15(11)14(13)16(23)24/h2-3,12,21,26H,4-10H2,1H3,(H,20,25)(H,23,24)/t18-/m0/s1. The molecule has 9 nitrogen and oxygen atoms in total. The van der Waals surface area contributed by atoms with Crippen LogP contribution in [0.1, 0.15) is 22.8 Å². The van der Waals surface area contributed by atoms with Gasteiger partial charge in [0, 0.05) is 32.7 Å². The van der Waals surface area contributed by atoms with Gasteiger partial charge in [-0.3, -0.25) is 9.69 Å². The fourth-order valence-corrected chi connectivity index (χ4v) is 3.98. The molecule has 2 fully saturated rings. The number of rotatable bonds is 5. The fraction of sp³-hybridized carbons (Fsp3) is 0.556. The molecule has 150 valence electrons. The Balaban J connectivity index is 1.42. The number of nitrogens with one attached hydrogen (secondary N) is 2. The van der Waals surface area contributed by atoms with Crippen molar-refractivity contribution < 1.29 is 29.1 Å². The van der Waals surface area contributed by atoms with E-state index in [9.17, 15) is 19.7 Å². The quantitative estimate of drug-likeness (QED) is 0.490. The maximum absolute atomic E-state index is 12.1. The van der Waals surface area contributed by atoms with Crippen molar-refractivity contribution in [1.82, 2.24) is 15.5 Å². The van der Waals surface area contributed by atoms with Crippen LogP contribution in [0, 0.1) is 0 Å². The number of amides is 1. The van der Waals surface area contributed by atoms with Gasteiger partial charge in [0.2, 0.25) is 5.91 Å². The van der Waals surface area contributed by atoms with Crippen LogP contribution in [0.25, 0.3) is 0 Å². The predicted molar refractivity (Wildman–Crippen MR) is 101 cm³/mol. The van der Waals surface area contributed by atoms with Gasteiger partial charge in [0.25, 0.3) is 0 Å². The maximum atomic E-state index is 12.1. The Hall–Kier alpha value is -2.30. The molecule has 10 heteroatoms. The number of likely N-dealkylation sites (tertiary alicyclic amines) is 1. The highest BCUT2D eigenvalue weighted by molar-refractivity contribution is 6.44. The number of benzene rings is 1. The number of carbonyl (C=O) groups is 2. The summed E-state index contributed by atoms with van der Waals surface area (Å²) in [5, 5.41) is 25.5. The van der Waals surface area contributed by atoms with Crippen molar-refractivity contribution in [3.8, 4) is 11.5 Å². The highest BCUT2D eigenvalue weighted by Gasteiger charge is 2.41. The third-order valence-corrected chi connectivity index (χ3v) is 5.51. The molecule has 3 aliphatic rings. The van der Waals surface area contributed by atoms with E-state index in [-0.39, 0.29) is 29.1 Å². The Bertz CT molecular complexity index is 800. The second kappa shape index (κ2) is 7.27. The molecule has 4 N–H and O–H groups in total. The number of nitrogens with zero attached hydrogens (tertiary/aromatic N) is 1. The molecule has 1 aromatic rings. The Morgan fingerprint density at radius 3 is 2.93 bits per heavy atom. The highest BCUT2D eigenvalue weighted by Crippen LogP contribution is 2.37. The van der Waals surface area contributed by atoms with Crippen molar-refractivity contribution in [2.75, 3.05) is 32.7 Å². The van der Waals surface area contributed by atoms with Crippen LogP contribution in [0.3, 0.4) is 0 Å². The second-order valence-electron chi connectivity index (χ2n) is 7.79. The van der Waals surface area contributed by atoms with E-state index in [0.717, 1.165) is 12.1 Å². The van der Waals surface area contributed by atoms with Gasteiger partial charge in [0.1, 0.15) is 28.7 Å². The topological polar surface area (TPSA) is 120 Å². The lowest BCUT2D eigenvalue weighted by Crippen LogP contribution is -2.69. The van der Waals surface area contributed by atoms with Crippen LogP contribution < -0.4 is 20.0 Å². The summed E-state index contributed by atoms with van der Waals surface area (Å²) >= 11 is 0. The number of hydrogen-bond donors (Lipinski definition) is 4. The van der Waals surface area contributed by atoms with E-state index in [1.807, 2.05) is 6.92 Å². The van der Waals surface area contributed by atoms with Crippen LogP contribution in [0.15, 0.2) is 12.1 Å². The zero-order valence-electron chi connectivity index (χ0n) is 15.7. The molecule has 2 saturated heterocycles. The number of hydrogen-bond acceptors (Lipinski definition) is 7. The highest BCUT2D eigenvalue weighted by atomic mass is 16.5. The van der Waals surface area contributed by atoms with Gasteiger partial charge < -0.3 is 30.2 Å². The van der Waals surface area contributed by atoms with Crippen LogP contribution in [-0.2, 0) is 11.2 Å². The van der Waals surface area contributed by atoms with Gasteiger partial charge in [-0.25, -0.2) is 4.79 Å². The van der Waals surface area contributed by atoms with E-state index < -0.39 is 18.6 Å². The molecular weight excluding hydrogens is 365 g/mol. The largest absolute Gasteiger partial charge is 0.535 e. The summed E-state index contributed by atoms with van der Waals surface area (Å²) in [6.45, 7) is 5.01. The summed E-state index contributed by atoms with van der Waals surface area (Å²) in [5.74, 6) is -0.727. The van der Waals surface area contributed by atoms with E-state index in [1.165, 1.54) is 0 Å². The Kier molecular flexibility index (Phi) is 4.94. The Morgan fingerprint density at radius 1 is 1.43 bits per heavy atom. The van der Waals surface area contributed by atoms with E-state index >= 15 is 0 Å². The average Bonchev–Trinajstić information content (AvgIpc) is 2.61. The van der Waals surface area contributed by atoms with Crippen LogP contribution >= 0.6 is 0 Å². The summed E-state index contributed by atoms with van der Waals surface area (Å²) in [5.41, 5.74) is 0.0770. The summed E-state index contributed by atoms with van der Waals surface area (Å²) in [6, 6.07) is 3.44. The second-order valence-corrected chi connectivity index (χ2v) is 7.79. The molecule has 1 aromatic carbocycles. The lowest BCUT2D eigenvalue weighted by atomic mass is 9.78. The van der Waals surface area contributed by atoms with Gasteiger partial charge in [-0.1, -0.05) is 6.07 Å². The van der Waals surface area contributed by atoms with Gasteiger partial charge in [-0.15, -0.1) is 0 Å². The zero-order chi connectivity index (χ0) is 19.9. The van der Waals surface area contributed by atoms with E-state index in [0.29, 0.717) is 38.9 Å². The first-order valence-electron chi connectivity index (χ1n) is 9.52. The van der Waals surface area contributed by atoms with Crippen LogP contribution in [0.2, 0.25) is 6.32 Å². The van der Waals surface area contributed by atoms with E-state index in [2.05, 4.69) is 15.5 Å². The van der Waals surface area contributed by atoms with Gasteiger partial charge in [-0.05, 0) is 31.3 Å². The molecule has 1 atom stereocenters. The molecule has 0 radical (unpaired) electrons. The van der Waals surface area contributed by atoms with Gasteiger partial charge >= 0.3 is 13.1 Å². The zero-order valence-corrected chi connectivity index (χ0v) is 15.7. The van der Waals surface area contributed by atoms with Crippen molar-refractivity contribution in [2.24, 2.45) is 0 Å². The molecule has 0 aromatic heterocycles. The normalized spacial score (nSPS) is 25.4. The Morgan fingerprint density at radius 2 is 2.21 bits per heavy atom. The van der Waals surface area contributed by atoms with Gasteiger partial charge in [-0.2, -0.15) is 0 Å². The van der Waals surface area contributed by atoms with Crippen LogP contribution in [0.5, 0.6) is 11.5 Å². The fourth-order valence-electron chi connectivity index (χ4n) is 3.98. The minimum atomic E-state index is -1.15. The van der Waals surface area contributed by atoms with Gasteiger partial charge in [0.05, 0.1) is 0 Å². The summed E-state index contributed by atoms with van der Waals surface area (Å²) < 4.78 is 11.3. The predicted octanol–water partition coefficient (Wildman–Crippen LogP) is -0.659. The van der Waals surface area contributed by atoms with Crippen LogP contribution in [0.4, 0.5) is 0 Å². The number of fused-ring (bicyclic) bond motifs is 1. The molecule has 3 aliphatic heterocycles. The van der Waals surface area contributed by atoms with Crippen molar-refractivity contribution in [1.29, 1.82) is 0 Å². The van der Waals surface area contributed by atoms with Crippen molar-refractivity contribution >= 4 is 19.0 Å². The molecule has 0 spiro atoms. The molecule has 0 saturated carbocycles. The van der Waals surface area contributed by atoms with Crippen molar-refractivity contribution in [3.05, 3.63) is 23.3 Å². The molecule has 1 amide bonds. The first kappa shape index (κ1) is 19.0. The van der Waals surface area contributed by atoms with Crippen molar-refractivity contribution in [3.63, 3.8) is 0 Å². The third kappa shape index (κ3) is 3.55. The number of aryl methyl sites for hydroxylation is 1. The number of ether oxygens (including phenoxy) is 1. The molecule has 3 heterocycles. The maximum Gasteiger partial charge on any atom is 0.522 e. The van der Waals surface area contributed by atoms with Crippen molar-refractivity contribution in [2.45, 2.75) is 31.3 Å². The van der Waals surface area contributed by atoms with Gasteiger partial charge in [0.15, 0.2) is 0 Å². The lowest BCUT2D eigenvalue weighted by molar-refractivity contribution is -0.130. The monoisotopic (exact) mass is 389 g/mol. The minimum Gasteiger partial charge on any atom is -0.535 e.